The van der Waals surface area contributed by atoms with E-state index in [1.165, 1.54) is 31.5 Å². The molecular weight excluding hydrogens is 407 g/mol. The number of benzene rings is 2. The average molecular weight is 431 g/mol. The molecule has 2 aromatic carbocycles. The predicted octanol–water partition coefficient (Wildman–Crippen LogP) is 5.59. The summed E-state index contributed by atoms with van der Waals surface area (Å²) in [4.78, 5) is 2.39. The maximum absolute atomic E-state index is 13.4. The molecule has 4 nitrogen and oxygen atoms in total. The van der Waals surface area contributed by atoms with Crippen LogP contribution in [0.4, 0.5) is 4.39 Å². The summed E-state index contributed by atoms with van der Waals surface area (Å²) in [6.07, 6.45) is 3.70. The number of halogens is 2. The summed E-state index contributed by atoms with van der Waals surface area (Å²) >= 11 is 11.8. The van der Waals surface area contributed by atoms with Gasteiger partial charge in [-0.2, -0.15) is 5.10 Å². The summed E-state index contributed by atoms with van der Waals surface area (Å²) < 4.78 is 17.8. The predicted molar refractivity (Wildman–Crippen MR) is 118 cm³/mol. The summed E-state index contributed by atoms with van der Waals surface area (Å²) in [5, 5.41) is 5.44. The molecule has 0 amide bonds. The van der Waals surface area contributed by atoms with Crippen LogP contribution in [-0.4, -0.2) is 39.4 Å². The fourth-order valence-corrected chi connectivity index (χ4v) is 3.94. The van der Waals surface area contributed by atoms with Crippen molar-refractivity contribution in [3.05, 3.63) is 64.1 Å². The first kappa shape index (κ1) is 20.3. The standard InChI is InChI=1S/C22H24ClFN4S/c1-26(15-16-3-4-16)13-2-14-27-22(29)28(20-11-7-18(23)8-12-20)21(25-27)17-5-9-19(24)10-6-17/h5-12,16H,2-4,13-15H2,1H3. The van der Waals surface area contributed by atoms with Crippen LogP contribution in [0.5, 0.6) is 0 Å². The van der Waals surface area contributed by atoms with Crippen LogP contribution < -0.4 is 0 Å². The van der Waals surface area contributed by atoms with Crippen molar-refractivity contribution in [3.63, 3.8) is 0 Å². The summed E-state index contributed by atoms with van der Waals surface area (Å²) in [7, 11) is 2.17. The Bertz CT molecular complexity index is 1020. The molecule has 1 saturated carbocycles. The number of rotatable bonds is 8. The third-order valence-corrected chi connectivity index (χ3v) is 5.85. The fourth-order valence-electron chi connectivity index (χ4n) is 3.49. The van der Waals surface area contributed by atoms with E-state index < -0.39 is 0 Å². The SMILES string of the molecule is CN(CCCn1nc(-c2ccc(F)cc2)n(-c2ccc(Cl)cc2)c1=S)CC1CC1. The van der Waals surface area contributed by atoms with Gasteiger partial charge in [0.1, 0.15) is 5.82 Å². The molecule has 4 rings (SSSR count). The topological polar surface area (TPSA) is 26.0 Å². The number of aryl methyl sites for hydroxylation is 1. The van der Waals surface area contributed by atoms with Crippen LogP contribution in [0.2, 0.25) is 5.02 Å². The summed E-state index contributed by atoms with van der Waals surface area (Å²) in [5.74, 6) is 1.31. The second-order valence-corrected chi connectivity index (χ2v) is 8.51. The third-order valence-electron chi connectivity index (χ3n) is 5.20. The second-order valence-electron chi connectivity index (χ2n) is 7.71. The van der Waals surface area contributed by atoms with Gasteiger partial charge in [-0.05, 0) is 99.5 Å². The van der Waals surface area contributed by atoms with Crippen LogP contribution in [0.1, 0.15) is 19.3 Å². The Labute approximate surface area is 180 Å². The van der Waals surface area contributed by atoms with E-state index in [1.807, 2.05) is 33.5 Å². The van der Waals surface area contributed by atoms with Crippen LogP contribution in [0.25, 0.3) is 17.1 Å². The van der Waals surface area contributed by atoms with Gasteiger partial charge in [0.05, 0.1) is 5.69 Å². The molecule has 152 valence electrons. The van der Waals surface area contributed by atoms with E-state index in [0.29, 0.717) is 15.6 Å². The van der Waals surface area contributed by atoms with Gasteiger partial charge < -0.3 is 4.90 Å². The van der Waals surface area contributed by atoms with E-state index in [9.17, 15) is 4.39 Å². The fraction of sp³-hybridized carbons (Fsp3) is 0.364. The van der Waals surface area contributed by atoms with Gasteiger partial charge >= 0.3 is 0 Å². The van der Waals surface area contributed by atoms with Crippen molar-refractivity contribution in [1.82, 2.24) is 19.2 Å². The minimum atomic E-state index is -0.275. The normalized spacial score (nSPS) is 13.9. The molecule has 1 aliphatic rings. The molecule has 0 atom stereocenters. The second kappa shape index (κ2) is 8.78. The molecule has 0 spiro atoms. The Balaban J connectivity index is 1.61. The highest BCUT2D eigenvalue weighted by molar-refractivity contribution is 7.71. The van der Waals surface area contributed by atoms with Crippen molar-refractivity contribution in [1.29, 1.82) is 0 Å². The molecule has 1 aliphatic carbocycles. The minimum absolute atomic E-state index is 0.275. The largest absolute Gasteiger partial charge is 0.306 e. The summed E-state index contributed by atoms with van der Waals surface area (Å²) in [6.45, 7) is 2.92. The van der Waals surface area contributed by atoms with Gasteiger partial charge in [-0.15, -0.1) is 0 Å². The molecule has 0 radical (unpaired) electrons. The zero-order valence-electron chi connectivity index (χ0n) is 16.4. The molecule has 0 aliphatic heterocycles. The molecule has 0 bridgehead atoms. The Hall–Kier alpha value is -2.02. The number of aromatic nitrogens is 3. The van der Waals surface area contributed by atoms with E-state index >= 15 is 0 Å². The van der Waals surface area contributed by atoms with Crippen molar-refractivity contribution < 1.29 is 4.39 Å². The minimum Gasteiger partial charge on any atom is -0.306 e. The lowest BCUT2D eigenvalue weighted by Crippen LogP contribution is -2.23. The highest BCUT2D eigenvalue weighted by Gasteiger charge is 2.22. The first-order valence-electron chi connectivity index (χ1n) is 9.91. The Kier molecular flexibility index (Phi) is 6.13. The lowest BCUT2D eigenvalue weighted by molar-refractivity contribution is 0.306. The quantitative estimate of drug-likeness (QED) is 0.435. The van der Waals surface area contributed by atoms with Crippen LogP contribution >= 0.6 is 23.8 Å². The molecule has 3 aromatic rings. The molecular formula is C22H24ClFN4S. The van der Waals surface area contributed by atoms with Gasteiger partial charge in [-0.1, -0.05) is 11.6 Å². The van der Waals surface area contributed by atoms with Crippen LogP contribution in [0, 0.1) is 16.5 Å². The van der Waals surface area contributed by atoms with Crippen molar-refractivity contribution in [2.24, 2.45) is 5.92 Å². The third kappa shape index (κ3) is 4.94. The summed E-state index contributed by atoms with van der Waals surface area (Å²) in [5.41, 5.74) is 1.70. The number of nitrogens with zero attached hydrogens (tertiary/aromatic N) is 4. The lowest BCUT2D eigenvalue weighted by Gasteiger charge is -2.15. The van der Waals surface area contributed by atoms with Gasteiger partial charge in [0.2, 0.25) is 4.77 Å². The van der Waals surface area contributed by atoms with Gasteiger partial charge in [-0.25, -0.2) is 9.07 Å². The molecule has 0 unspecified atom stereocenters. The number of hydrogen-bond donors (Lipinski definition) is 0. The van der Waals surface area contributed by atoms with Crippen molar-refractivity contribution in [3.8, 4) is 17.1 Å². The smallest absolute Gasteiger partial charge is 0.202 e. The summed E-state index contributed by atoms with van der Waals surface area (Å²) in [6, 6.07) is 13.8. The van der Waals surface area contributed by atoms with Gasteiger partial charge in [0.25, 0.3) is 0 Å². The molecule has 0 N–H and O–H groups in total. The van der Waals surface area contributed by atoms with Crippen molar-refractivity contribution in [2.75, 3.05) is 20.1 Å². The Morgan fingerprint density at radius 3 is 2.48 bits per heavy atom. The Morgan fingerprint density at radius 1 is 1.14 bits per heavy atom. The number of hydrogen-bond acceptors (Lipinski definition) is 3. The van der Waals surface area contributed by atoms with E-state index in [-0.39, 0.29) is 5.82 Å². The average Bonchev–Trinajstić information content (AvgIpc) is 3.46. The molecule has 1 fully saturated rings. The zero-order chi connectivity index (χ0) is 20.4. The molecule has 0 saturated heterocycles. The highest BCUT2D eigenvalue weighted by atomic mass is 35.5. The lowest BCUT2D eigenvalue weighted by atomic mass is 10.2. The van der Waals surface area contributed by atoms with E-state index in [2.05, 4.69) is 11.9 Å². The van der Waals surface area contributed by atoms with Gasteiger partial charge in [0, 0.05) is 23.7 Å². The molecule has 1 heterocycles. The van der Waals surface area contributed by atoms with Gasteiger partial charge in [-0.3, -0.25) is 4.57 Å². The molecule has 29 heavy (non-hydrogen) atoms. The van der Waals surface area contributed by atoms with Crippen LogP contribution in [-0.2, 0) is 6.54 Å². The van der Waals surface area contributed by atoms with Crippen LogP contribution in [0.15, 0.2) is 48.5 Å². The van der Waals surface area contributed by atoms with Crippen molar-refractivity contribution in [2.45, 2.75) is 25.8 Å². The van der Waals surface area contributed by atoms with E-state index in [1.54, 1.807) is 12.1 Å². The Morgan fingerprint density at radius 2 is 1.83 bits per heavy atom. The first-order chi connectivity index (χ1) is 14.0. The van der Waals surface area contributed by atoms with E-state index in [0.717, 1.165) is 36.7 Å². The highest BCUT2D eigenvalue weighted by Crippen LogP contribution is 2.29. The van der Waals surface area contributed by atoms with Crippen LogP contribution in [0.3, 0.4) is 0 Å². The maximum Gasteiger partial charge on any atom is 0.202 e. The first-order valence-corrected chi connectivity index (χ1v) is 10.7. The van der Waals surface area contributed by atoms with Gasteiger partial charge in [0.15, 0.2) is 5.82 Å². The molecule has 7 heteroatoms. The zero-order valence-corrected chi connectivity index (χ0v) is 18.0. The monoisotopic (exact) mass is 430 g/mol. The van der Waals surface area contributed by atoms with E-state index in [4.69, 9.17) is 28.9 Å². The van der Waals surface area contributed by atoms with Crippen molar-refractivity contribution >= 4 is 23.8 Å². The maximum atomic E-state index is 13.4. The molecule has 1 aromatic heterocycles.